The van der Waals surface area contributed by atoms with Gasteiger partial charge in [0.1, 0.15) is 0 Å². The molecule has 1 amide bonds. The van der Waals surface area contributed by atoms with E-state index in [2.05, 4.69) is 26.4 Å². The number of hydrogen-bond acceptors (Lipinski definition) is 5. The van der Waals surface area contributed by atoms with Crippen molar-refractivity contribution < 1.29 is 9.53 Å². The summed E-state index contributed by atoms with van der Waals surface area (Å²) in [6.45, 7) is 4.27. The number of carbonyl (C=O) groups excluding carboxylic acids is 1. The van der Waals surface area contributed by atoms with Crippen LogP contribution in [-0.2, 0) is 18.3 Å². The summed E-state index contributed by atoms with van der Waals surface area (Å²) in [5.41, 5.74) is 1.87. The lowest BCUT2D eigenvalue weighted by Crippen LogP contribution is -2.64. The fourth-order valence-electron chi connectivity index (χ4n) is 3.84. The van der Waals surface area contributed by atoms with Gasteiger partial charge in [-0.25, -0.2) is 0 Å². The van der Waals surface area contributed by atoms with Gasteiger partial charge in [-0.15, -0.1) is 0 Å². The van der Waals surface area contributed by atoms with Crippen LogP contribution < -0.4 is 5.32 Å². The largest absolute Gasteiger partial charge is 0.372 e. The fourth-order valence-corrected chi connectivity index (χ4v) is 3.84. The van der Waals surface area contributed by atoms with Crippen LogP contribution in [-0.4, -0.2) is 57.4 Å². The van der Waals surface area contributed by atoms with E-state index in [0.29, 0.717) is 24.6 Å². The Labute approximate surface area is 153 Å². The zero-order valence-electron chi connectivity index (χ0n) is 15.1. The minimum atomic E-state index is -0.0651. The van der Waals surface area contributed by atoms with E-state index >= 15 is 0 Å². The molecule has 2 fully saturated rings. The molecule has 138 valence electrons. The number of nitrogens with zero attached hydrogens (tertiary/aromatic N) is 4. The maximum absolute atomic E-state index is 12.1. The Morgan fingerprint density at radius 2 is 2.31 bits per heavy atom. The molecule has 26 heavy (non-hydrogen) atoms. The van der Waals surface area contributed by atoms with Crippen molar-refractivity contribution in [1.82, 2.24) is 25.0 Å². The number of pyridine rings is 1. The molecule has 2 aliphatic rings. The zero-order chi connectivity index (χ0) is 18.0. The zero-order valence-corrected chi connectivity index (χ0v) is 15.1. The van der Waals surface area contributed by atoms with Gasteiger partial charge in [0, 0.05) is 51.8 Å². The van der Waals surface area contributed by atoms with Crippen LogP contribution >= 0.6 is 0 Å². The SMILES string of the molecule is Cn1cc(C(=O)NCC2CCC3(CN(Cc4cccnc4)C3)OC2)cn1. The number of aromatic nitrogens is 3. The molecule has 7 nitrogen and oxygen atoms in total. The Morgan fingerprint density at radius 1 is 1.42 bits per heavy atom. The quantitative estimate of drug-likeness (QED) is 0.873. The molecule has 4 rings (SSSR count). The summed E-state index contributed by atoms with van der Waals surface area (Å²) in [5.74, 6) is 0.318. The van der Waals surface area contributed by atoms with Gasteiger partial charge in [-0.1, -0.05) is 6.07 Å². The first-order valence-electron chi connectivity index (χ1n) is 9.14. The van der Waals surface area contributed by atoms with E-state index in [0.717, 1.165) is 32.5 Å². The highest BCUT2D eigenvalue weighted by Crippen LogP contribution is 2.36. The van der Waals surface area contributed by atoms with Crippen LogP contribution in [0.3, 0.4) is 0 Å². The maximum Gasteiger partial charge on any atom is 0.254 e. The van der Waals surface area contributed by atoms with Gasteiger partial charge in [-0.2, -0.15) is 5.10 Å². The highest BCUT2D eigenvalue weighted by molar-refractivity contribution is 5.93. The second kappa shape index (κ2) is 7.17. The normalized spacial score (nSPS) is 22.1. The van der Waals surface area contributed by atoms with Crippen molar-refractivity contribution in [3.05, 3.63) is 48.0 Å². The molecule has 2 aromatic rings. The third kappa shape index (κ3) is 3.78. The van der Waals surface area contributed by atoms with Crippen LogP contribution in [0.2, 0.25) is 0 Å². The van der Waals surface area contributed by atoms with E-state index in [9.17, 15) is 4.79 Å². The summed E-state index contributed by atoms with van der Waals surface area (Å²) in [6, 6.07) is 4.09. The molecule has 0 saturated carbocycles. The lowest BCUT2D eigenvalue weighted by Gasteiger charge is -2.53. The number of ether oxygens (including phenoxy) is 1. The molecule has 1 atom stereocenters. The molecular weight excluding hydrogens is 330 g/mol. The van der Waals surface area contributed by atoms with Crippen LogP contribution in [0, 0.1) is 5.92 Å². The minimum absolute atomic E-state index is 0.0199. The summed E-state index contributed by atoms with van der Waals surface area (Å²) in [4.78, 5) is 18.7. The average Bonchev–Trinajstić information content (AvgIpc) is 3.07. The lowest BCUT2D eigenvalue weighted by molar-refractivity contribution is -0.181. The van der Waals surface area contributed by atoms with Crippen LogP contribution in [0.1, 0.15) is 28.8 Å². The van der Waals surface area contributed by atoms with Crippen molar-refractivity contribution in [1.29, 1.82) is 0 Å². The van der Waals surface area contributed by atoms with Crippen molar-refractivity contribution in [3.63, 3.8) is 0 Å². The molecule has 1 unspecified atom stereocenters. The van der Waals surface area contributed by atoms with Gasteiger partial charge >= 0.3 is 0 Å². The van der Waals surface area contributed by atoms with E-state index in [1.807, 2.05) is 12.3 Å². The van der Waals surface area contributed by atoms with E-state index in [4.69, 9.17) is 4.74 Å². The third-order valence-electron chi connectivity index (χ3n) is 5.30. The van der Waals surface area contributed by atoms with Gasteiger partial charge in [0.2, 0.25) is 0 Å². The standard InChI is InChI=1S/C19H25N5O2/c1-23-11-17(9-22-23)18(25)21-8-16-4-5-19(26-12-16)13-24(14-19)10-15-3-2-6-20-7-15/h2-3,6-7,9,11,16H,4-5,8,10,12-14H2,1H3,(H,21,25). The molecule has 1 N–H and O–H groups in total. The number of amides is 1. The number of nitrogens with one attached hydrogen (secondary N) is 1. The van der Waals surface area contributed by atoms with Crippen LogP contribution in [0.5, 0.6) is 0 Å². The molecule has 0 aliphatic carbocycles. The Hall–Kier alpha value is -2.25. The van der Waals surface area contributed by atoms with E-state index < -0.39 is 0 Å². The summed E-state index contributed by atoms with van der Waals surface area (Å²) < 4.78 is 7.83. The van der Waals surface area contributed by atoms with E-state index in [-0.39, 0.29) is 11.5 Å². The third-order valence-corrected chi connectivity index (χ3v) is 5.30. The first-order chi connectivity index (χ1) is 12.6. The molecule has 2 aliphatic heterocycles. The van der Waals surface area contributed by atoms with Crippen molar-refractivity contribution in [3.8, 4) is 0 Å². The average molecular weight is 355 g/mol. The Balaban J connectivity index is 1.18. The maximum atomic E-state index is 12.1. The van der Waals surface area contributed by atoms with E-state index in [1.54, 1.807) is 30.3 Å². The minimum Gasteiger partial charge on any atom is -0.372 e. The second-order valence-corrected chi connectivity index (χ2v) is 7.52. The van der Waals surface area contributed by atoms with Gasteiger partial charge < -0.3 is 10.1 Å². The molecule has 1 spiro atoms. The number of aryl methyl sites for hydroxylation is 1. The molecular formula is C19H25N5O2. The first kappa shape index (κ1) is 17.2. The Bertz CT molecular complexity index is 744. The molecule has 7 heteroatoms. The summed E-state index contributed by atoms with van der Waals surface area (Å²) in [5, 5.41) is 7.03. The fraction of sp³-hybridized carbons (Fsp3) is 0.526. The highest BCUT2D eigenvalue weighted by Gasteiger charge is 2.46. The Morgan fingerprint density at radius 3 is 2.96 bits per heavy atom. The predicted octanol–water partition coefficient (Wildman–Crippen LogP) is 1.23. The first-order valence-corrected chi connectivity index (χ1v) is 9.14. The molecule has 2 saturated heterocycles. The number of carbonyl (C=O) groups is 1. The summed E-state index contributed by atoms with van der Waals surface area (Å²) in [6.07, 6.45) is 9.20. The van der Waals surface area contributed by atoms with Gasteiger partial charge in [0.05, 0.1) is 24.0 Å². The van der Waals surface area contributed by atoms with Crippen LogP contribution in [0.4, 0.5) is 0 Å². The number of likely N-dealkylation sites (tertiary alicyclic amines) is 1. The van der Waals surface area contributed by atoms with Crippen LogP contribution in [0.15, 0.2) is 36.9 Å². The van der Waals surface area contributed by atoms with Crippen molar-refractivity contribution >= 4 is 5.91 Å². The van der Waals surface area contributed by atoms with E-state index in [1.165, 1.54) is 5.56 Å². The number of hydrogen-bond donors (Lipinski definition) is 1. The van der Waals surface area contributed by atoms with Gasteiger partial charge in [0.25, 0.3) is 5.91 Å². The van der Waals surface area contributed by atoms with Crippen molar-refractivity contribution in [2.24, 2.45) is 13.0 Å². The topological polar surface area (TPSA) is 72.3 Å². The monoisotopic (exact) mass is 355 g/mol. The summed E-state index contributed by atoms with van der Waals surface area (Å²) >= 11 is 0. The smallest absolute Gasteiger partial charge is 0.254 e. The summed E-state index contributed by atoms with van der Waals surface area (Å²) in [7, 11) is 1.81. The second-order valence-electron chi connectivity index (χ2n) is 7.52. The molecule has 0 radical (unpaired) electrons. The van der Waals surface area contributed by atoms with Gasteiger partial charge in [0.15, 0.2) is 0 Å². The molecule has 0 bridgehead atoms. The lowest BCUT2D eigenvalue weighted by atomic mass is 9.82. The highest BCUT2D eigenvalue weighted by atomic mass is 16.5. The van der Waals surface area contributed by atoms with Crippen molar-refractivity contribution in [2.45, 2.75) is 25.0 Å². The molecule has 4 heterocycles. The van der Waals surface area contributed by atoms with Crippen LogP contribution in [0.25, 0.3) is 0 Å². The van der Waals surface area contributed by atoms with Gasteiger partial charge in [-0.3, -0.25) is 19.4 Å². The predicted molar refractivity (Wildman–Crippen MR) is 96.5 cm³/mol. The van der Waals surface area contributed by atoms with Gasteiger partial charge in [-0.05, 0) is 30.4 Å². The molecule has 0 aromatic carbocycles. The van der Waals surface area contributed by atoms with Crippen molar-refractivity contribution in [2.75, 3.05) is 26.2 Å². The number of rotatable bonds is 5. The Kier molecular flexibility index (Phi) is 4.74. The molecule has 2 aromatic heterocycles.